The Bertz CT molecular complexity index is 53.3. The Morgan fingerprint density at radius 3 is 1.50 bits per heavy atom. The summed E-state index contributed by atoms with van der Waals surface area (Å²) in [6.45, 7) is 1.11. The molecule has 0 fully saturated rings. The number of hydrogen-bond donors (Lipinski definition) is 3. The Labute approximate surface area is 61.5 Å². The van der Waals surface area contributed by atoms with Gasteiger partial charge in [-0.3, -0.25) is 0 Å². The predicted octanol–water partition coefficient (Wildman–Crippen LogP) is -1.16. The summed E-state index contributed by atoms with van der Waals surface area (Å²) < 4.78 is 0.844. The summed E-state index contributed by atoms with van der Waals surface area (Å²) in [5, 5.41) is 14.9. The number of hydrogen-bond acceptors (Lipinski definition) is 4. The van der Waals surface area contributed by atoms with E-state index in [4.69, 9.17) is 10.3 Å². The zero-order chi connectivity index (χ0) is 7.91. The minimum absolute atomic E-state index is 0. The van der Waals surface area contributed by atoms with Gasteiger partial charge in [-0.2, -0.15) is 0 Å². The topological polar surface area (TPSA) is 96.5 Å². The summed E-state index contributed by atoms with van der Waals surface area (Å²) >= 11 is 0. The van der Waals surface area contributed by atoms with Gasteiger partial charge in [-0.1, -0.05) is 0 Å². The monoisotopic (exact) mass is 154 g/mol. The lowest BCUT2D eigenvalue weighted by molar-refractivity contribution is -0.870. The maximum absolute atomic E-state index is 8.39. The van der Waals surface area contributed by atoms with E-state index >= 15 is 0 Å². The van der Waals surface area contributed by atoms with Crippen LogP contribution in [0.1, 0.15) is 0 Å². The Balaban J connectivity index is -0.000000149. The molecular weight excluding hydrogens is 136 g/mol. The molecular formula is C5H18N2O3. The van der Waals surface area contributed by atoms with Gasteiger partial charge in [-0.05, 0) is 0 Å². The van der Waals surface area contributed by atoms with Crippen LogP contribution in [0.2, 0.25) is 0 Å². The standard InChI is InChI=1S/C5H14NO.H3NO.H2O/c1-6(2,3)4-5-7;1-2;/h7H,4-5H2,1-3H3;2H,1H2;1H2/q+1;;/p-1. The number of nitrogens with two attached hydrogens (primary N) is 1. The normalized spacial score (nSPS) is 9.00. The molecule has 0 radical (unpaired) electrons. The van der Waals surface area contributed by atoms with E-state index in [-0.39, 0.29) is 12.1 Å². The second kappa shape index (κ2) is 8.80. The molecule has 0 spiro atoms. The van der Waals surface area contributed by atoms with Gasteiger partial charge in [0.25, 0.3) is 0 Å². The maximum atomic E-state index is 8.39. The van der Waals surface area contributed by atoms with Crippen LogP contribution in [0.15, 0.2) is 0 Å². The molecule has 0 aliphatic heterocycles. The molecule has 0 heterocycles. The van der Waals surface area contributed by atoms with Crippen LogP contribution in [0.5, 0.6) is 0 Å². The van der Waals surface area contributed by atoms with E-state index in [9.17, 15) is 0 Å². The van der Waals surface area contributed by atoms with Gasteiger partial charge in [0, 0.05) is 0 Å². The highest BCUT2D eigenvalue weighted by molar-refractivity contribution is 4.19. The van der Waals surface area contributed by atoms with Crippen LogP contribution < -0.4 is 5.90 Å². The second-order valence-corrected chi connectivity index (χ2v) is 2.74. The van der Waals surface area contributed by atoms with Crippen LogP contribution >= 0.6 is 0 Å². The van der Waals surface area contributed by atoms with Crippen LogP contribution in [0, 0.1) is 0 Å². The summed E-state index contributed by atoms with van der Waals surface area (Å²) in [6, 6.07) is 0. The molecule has 5 N–H and O–H groups in total. The molecule has 0 aromatic heterocycles. The van der Waals surface area contributed by atoms with Crippen LogP contribution in [0.4, 0.5) is 0 Å². The zero-order valence-electron chi connectivity index (χ0n) is 6.78. The van der Waals surface area contributed by atoms with E-state index < -0.39 is 0 Å². The number of quaternary nitrogens is 1. The van der Waals surface area contributed by atoms with Crippen molar-refractivity contribution in [2.75, 3.05) is 34.3 Å². The number of rotatable bonds is 2. The fraction of sp³-hybridized carbons (Fsp3) is 1.00. The highest BCUT2D eigenvalue weighted by atomic mass is 16.4. The third-order valence-electron chi connectivity index (χ3n) is 0.771. The van der Waals surface area contributed by atoms with Crippen molar-refractivity contribution < 1.29 is 20.3 Å². The van der Waals surface area contributed by atoms with E-state index in [0.29, 0.717) is 0 Å². The molecule has 0 atom stereocenters. The van der Waals surface area contributed by atoms with Crippen LogP contribution in [0.3, 0.4) is 0 Å². The minimum Gasteiger partial charge on any atom is -0.870 e. The fourth-order valence-corrected chi connectivity index (χ4v) is 0.300. The van der Waals surface area contributed by atoms with Gasteiger partial charge >= 0.3 is 0 Å². The second-order valence-electron chi connectivity index (χ2n) is 2.74. The van der Waals surface area contributed by atoms with Crippen molar-refractivity contribution in [1.82, 2.24) is 0 Å². The first kappa shape index (κ1) is 16.4. The van der Waals surface area contributed by atoms with E-state index in [1.165, 1.54) is 0 Å². The lowest BCUT2D eigenvalue weighted by Crippen LogP contribution is -2.36. The lowest BCUT2D eigenvalue weighted by atomic mass is 10.5. The van der Waals surface area contributed by atoms with E-state index in [2.05, 4.69) is 27.0 Å². The van der Waals surface area contributed by atoms with Crippen molar-refractivity contribution in [3.8, 4) is 0 Å². The average Bonchev–Trinajstić information content (AvgIpc) is 1.69. The third-order valence-corrected chi connectivity index (χ3v) is 0.771. The lowest BCUT2D eigenvalue weighted by Gasteiger charge is -2.21. The van der Waals surface area contributed by atoms with Crippen LogP contribution in [0.25, 0.3) is 0 Å². The third kappa shape index (κ3) is 25.0. The van der Waals surface area contributed by atoms with Crippen molar-refractivity contribution in [1.29, 1.82) is 0 Å². The highest BCUT2D eigenvalue weighted by Crippen LogP contribution is 1.84. The van der Waals surface area contributed by atoms with Crippen molar-refractivity contribution in [2.45, 2.75) is 0 Å². The van der Waals surface area contributed by atoms with Gasteiger partial charge in [-0.25, -0.2) is 5.90 Å². The fourth-order valence-electron chi connectivity index (χ4n) is 0.300. The first-order valence-corrected chi connectivity index (χ1v) is 2.73. The number of nitrogens with zero attached hydrogens (tertiary/aromatic N) is 1. The molecule has 0 bridgehead atoms. The molecule has 0 aromatic carbocycles. The summed E-state index contributed by atoms with van der Waals surface area (Å²) in [5.74, 6) is 3.50. The van der Waals surface area contributed by atoms with Gasteiger partial charge in [-0.15, -0.1) is 0 Å². The molecule has 0 unspecified atom stereocenters. The maximum Gasteiger partial charge on any atom is 0.101 e. The van der Waals surface area contributed by atoms with Gasteiger partial charge in [0.15, 0.2) is 0 Å². The Morgan fingerprint density at radius 1 is 1.20 bits per heavy atom. The van der Waals surface area contributed by atoms with E-state index in [1.807, 2.05) is 0 Å². The van der Waals surface area contributed by atoms with Crippen molar-refractivity contribution in [3.63, 3.8) is 0 Å². The number of likely N-dealkylation sites (N-methyl/N-ethyl adjacent to an activating group) is 1. The van der Waals surface area contributed by atoms with Gasteiger partial charge in [0.2, 0.25) is 0 Å². The average molecular weight is 154 g/mol. The molecule has 5 heteroatoms. The summed E-state index contributed by atoms with van der Waals surface area (Å²) in [7, 11) is 6.16. The SMILES string of the molecule is C[N+](C)(C)CCO.NO.[OH-]. The zero-order valence-corrected chi connectivity index (χ0v) is 6.78. The Morgan fingerprint density at radius 2 is 1.50 bits per heavy atom. The smallest absolute Gasteiger partial charge is 0.101 e. The summed E-state index contributed by atoms with van der Waals surface area (Å²) in [5.41, 5.74) is 0. The summed E-state index contributed by atoms with van der Waals surface area (Å²) in [6.07, 6.45) is 0. The number of aliphatic hydroxyl groups excluding tert-OH is 1. The Kier molecular flexibility index (Phi) is 14.4. The molecule has 0 aliphatic carbocycles. The Hall–Kier alpha value is -0.200. The molecule has 66 valence electrons. The van der Waals surface area contributed by atoms with Crippen LogP contribution in [-0.4, -0.2) is 54.6 Å². The highest BCUT2D eigenvalue weighted by Gasteiger charge is 2.02. The molecule has 0 aromatic rings. The predicted molar refractivity (Wildman–Crippen MR) is 37.9 cm³/mol. The first-order chi connectivity index (χ1) is 4.06. The van der Waals surface area contributed by atoms with Crippen molar-refractivity contribution in [3.05, 3.63) is 0 Å². The number of aliphatic hydroxyl groups is 1. The molecule has 10 heavy (non-hydrogen) atoms. The molecule has 0 saturated heterocycles. The van der Waals surface area contributed by atoms with Gasteiger partial charge in [0.1, 0.15) is 6.54 Å². The van der Waals surface area contributed by atoms with Gasteiger partial charge in [0.05, 0.1) is 27.7 Å². The quantitative estimate of drug-likeness (QED) is 0.345. The van der Waals surface area contributed by atoms with Gasteiger partial charge < -0.3 is 20.3 Å². The largest absolute Gasteiger partial charge is 0.870 e. The first-order valence-electron chi connectivity index (χ1n) is 2.73. The summed E-state index contributed by atoms with van der Waals surface area (Å²) in [4.78, 5) is 0. The molecule has 0 amide bonds. The molecule has 5 nitrogen and oxygen atoms in total. The van der Waals surface area contributed by atoms with Crippen molar-refractivity contribution in [2.24, 2.45) is 5.90 Å². The van der Waals surface area contributed by atoms with Crippen LogP contribution in [-0.2, 0) is 0 Å². The molecule has 0 rings (SSSR count). The molecule has 0 aliphatic rings. The molecule has 0 saturated carbocycles. The van der Waals surface area contributed by atoms with E-state index in [1.54, 1.807) is 0 Å². The minimum atomic E-state index is 0. The van der Waals surface area contributed by atoms with E-state index in [0.717, 1.165) is 11.0 Å². The van der Waals surface area contributed by atoms with Crippen molar-refractivity contribution >= 4 is 0 Å².